The molecule has 2 N–H and O–H groups in total. The molecule has 0 unspecified atom stereocenters. The molecule has 0 saturated carbocycles. The van der Waals surface area contributed by atoms with Crippen LogP contribution < -0.4 is 10.6 Å². The topological polar surface area (TPSA) is 54.0 Å². The number of nitrogens with zero attached hydrogens (tertiary/aromatic N) is 1. The molecule has 0 radical (unpaired) electrons. The van der Waals surface area contributed by atoms with E-state index in [4.69, 9.17) is 11.6 Å². The number of rotatable bonds is 2. The van der Waals surface area contributed by atoms with Gasteiger partial charge in [-0.3, -0.25) is 4.79 Å². The van der Waals surface area contributed by atoms with Gasteiger partial charge in [0.25, 0.3) is 5.91 Å². The molecule has 1 saturated heterocycles. The molecule has 4 nitrogen and oxygen atoms in total. The smallest absolute Gasteiger partial charge is 0.251 e. The molecule has 0 bridgehead atoms. The van der Waals surface area contributed by atoms with Gasteiger partial charge in [-0.05, 0) is 59.6 Å². The van der Waals surface area contributed by atoms with Gasteiger partial charge >= 0.3 is 0 Å². The van der Waals surface area contributed by atoms with E-state index in [1.807, 2.05) is 6.92 Å². The number of carbonyl (C=O) groups excluding carboxylic acids is 1. The average molecular weight is 310 g/mol. The number of piperidine rings is 1. The summed E-state index contributed by atoms with van der Waals surface area (Å²) < 4.78 is 0. The number of halogens is 1. The maximum Gasteiger partial charge on any atom is 0.251 e. The van der Waals surface area contributed by atoms with Gasteiger partial charge in [-0.15, -0.1) is 0 Å². The lowest BCUT2D eigenvalue weighted by Gasteiger charge is -2.46. The summed E-state index contributed by atoms with van der Waals surface area (Å²) in [7, 11) is 0. The van der Waals surface area contributed by atoms with Gasteiger partial charge in [0, 0.05) is 28.4 Å². The first-order valence-electron chi connectivity index (χ1n) is 7.31. The van der Waals surface area contributed by atoms with Gasteiger partial charge in [0.2, 0.25) is 0 Å². The predicted octanol–water partition coefficient (Wildman–Crippen LogP) is 3.08. The van der Waals surface area contributed by atoms with Crippen molar-refractivity contribution in [1.29, 1.82) is 0 Å². The summed E-state index contributed by atoms with van der Waals surface area (Å²) in [5.41, 5.74) is 1.33. The lowest BCUT2D eigenvalue weighted by molar-refractivity contribution is 0.0873. The minimum atomic E-state index is -0.0825. The molecule has 116 valence electrons. The Labute approximate surface area is 131 Å². The zero-order valence-corrected chi connectivity index (χ0v) is 14.1. The first kappa shape index (κ1) is 16.2. The van der Waals surface area contributed by atoms with Gasteiger partial charge in [-0.25, -0.2) is 4.98 Å². The van der Waals surface area contributed by atoms with E-state index in [1.165, 1.54) is 0 Å². The van der Waals surface area contributed by atoms with Gasteiger partial charge in [0.15, 0.2) is 0 Å². The van der Waals surface area contributed by atoms with Crippen LogP contribution in [0.3, 0.4) is 0 Å². The van der Waals surface area contributed by atoms with Crippen LogP contribution in [0.15, 0.2) is 12.1 Å². The summed E-state index contributed by atoms with van der Waals surface area (Å²) >= 11 is 5.93. The number of pyridine rings is 1. The van der Waals surface area contributed by atoms with E-state index in [2.05, 4.69) is 43.3 Å². The molecule has 1 aromatic heterocycles. The van der Waals surface area contributed by atoms with E-state index in [9.17, 15) is 4.79 Å². The quantitative estimate of drug-likeness (QED) is 0.826. The first-order chi connectivity index (χ1) is 9.56. The van der Waals surface area contributed by atoms with Crippen molar-refractivity contribution in [3.63, 3.8) is 0 Å². The maximum atomic E-state index is 12.4. The minimum Gasteiger partial charge on any atom is -0.349 e. The first-order valence-corrected chi connectivity index (χ1v) is 7.69. The van der Waals surface area contributed by atoms with Crippen molar-refractivity contribution in [3.05, 3.63) is 28.5 Å². The summed E-state index contributed by atoms with van der Waals surface area (Å²) in [4.78, 5) is 16.5. The van der Waals surface area contributed by atoms with Gasteiger partial charge in [0.05, 0.1) is 0 Å². The zero-order valence-electron chi connectivity index (χ0n) is 13.4. The molecule has 1 aliphatic rings. The van der Waals surface area contributed by atoms with E-state index in [-0.39, 0.29) is 23.0 Å². The Bertz CT molecular complexity index is 518. The second-order valence-electron chi connectivity index (χ2n) is 7.29. The molecule has 2 heterocycles. The molecule has 1 aliphatic heterocycles. The van der Waals surface area contributed by atoms with Crippen LogP contribution in [0.1, 0.15) is 56.6 Å². The van der Waals surface area contributed by atoms with Crippen molar-refractivity contribution in [2.24, 2.45) is 0 Å². The summed E-state index contributed by atoms with van der Waals surface area (Å²) in [5.74, 6) is -0.0825. The van der Waals surface area contributed by atoms with Gasteiger partial charge < -0.3 is 10.6 Å². The van der Waals surface area contributed by atoms with Gasteiger partial charge in [-0.2, -0.15) is 0 Å². The van der Waals surface area contributed by atoms with Crippen molar-refractivity contribution < 1.29 is 4.79 Å². The highest BCUT2D eigenvalue weighted by molar-refractivity contribution is 6.29. The largest absolute Gasteiger partial charge is 0.349 e. The van der Waals surface area contributed by atoms with Crippen molar-refractivity contribution in [2.45, 2.75) is 64.6 Å². The van der Waals surface area contributed by atoms with Gasteiger partial charge in [-0.1, -0.05) is 11.6 Å². The zero-order chi connectivity index (χ0) is 15.8. The number of hydrogen-bond acceptors (Lipinski definition) is 3. The molecule has 1 fully saturated rings. The van der Waals surface area contributed by atoms with Crippen LogP contribution in [0.4, 0.5) is 0 Å². The van der Waals surface area contributed by atoms with Crippen LogP contribution in [-0.4, -0.2) is 28.0 Å². The Balaban J connectivity index is 2.12. The lowest BCUT2D eigenvalue weighted by Crippen LogP contribution is -2.62. The molecule has 1 aromatic rings. The Morgan fingerprint density at radius 3 is 2.38 bits per heavy atom. The third-order valence-electron chi connectivity index (χ3n) is 3.71. The van der Waals surface area contributed by atoms with Crippen LogP contribution in [-0.2, 0) is 0 Å². The maximum absolute atomic E-state index is 12.4. The summed E-state index contributed by atoms with van der Waals surface area (Å²) in [6.45, 7) is 10.5. The third-order valence-corrected chi connectivity index (χ3v) is 3.90. The Morgan fingerprint density at radius 1 is 1.29 bits per heavy atom. The van der Waals surface area contributed by atoms with E-state index in [0.717, 1.165) is 18.5 Å². The average Bonchev–Trinajstić information content (AvgIpc) is 2.22. The SMILES string of the molecule is Cc1cc(C(=O)NC2CC(C)(C)NC(C)(C)C2)cc(Cl)n1. The van der Waals surface area contributed by atoms with E-state index in [1.54, 1.807) is 12.1 Å². The number of nitrogens with one attached hydrogen (secondary N) is 2. The summed E-state index contributed by atoms with van der Waals surface area (Å²) in [5, 5.41) is 7.10. The number of hydrogen-bond donors (Lipinski definition) is 2. The second kappa shape index (κ2) is 5.58. The molecule has 0 aliphatic carbocycles. The van der Waals surface area contributed by atoms with E-state index in [0.29, 0.717) is 10.7 Å². The fraction of sp³-hybridized carbons (Fsp3) is 0.625. The summed E-state index contributed by atoms with van der Waals surface area (Å²) in [6, 6.07) is 3.52. The monoisotopic (exact) mass is 309 g/mol. The molecule has 21 heavy (non-hydrogen) atoms. The molecule has 0 spiro atoms. The molecule has 2 rings (SSSR count). The third kappa shape index (κ3) is 4.42. The van der Waals surface area contributed by atoms with Crippen LogP contribution in [0.5, 0.6) is 0 Å². The Kier molecular flexibility index (Phi) is 4.31. The van der Waals surface area contributed by atoms with Crippen LogP contribution in [0, 0.1) is 6.92 Å². The highest BCUT2D eigenvalue weighted by Gasteiger charge is 2.38. The highest BCUT2D eigenvalue weighted by atomic mass is 35.5. The van der Waals surface area contributed by atoms with Crippen molar-refractivity contribution in [1.82, 2.24) is 15.6 Å². The number of aromatic nitrogens is 1. The lowest BCUT2D eigenvalue weighted by atomic mass is 9.79. The predicted molar refractivity (Wildman–Crippen MR) is 85.8 cm³/mol. The molecule has 1 amide bonds. The molecule has 0 aromatic carbocycles. The normalized spacial score (nSPS) is 21.0. The van der Waals surface area contributed by atoms with Crippen molar-refractivity contribution in [3.8, 4) is 0 Å². The van der Waals surface area contributed by atoms with Crippen LogP contribution >= 0.6 is 11.6 Å². The number of amides is 1. The standard InChI is InChI=1S/C16H24ClN3O/c1-10-6-11(7-13(17)18-10)14(21)19-12-8-15(2,3)20-16(4,5)9-12/h6-7,12,20H,8-9H2,1-5H3,(H,19,21). The molecule has 0 atom stereocenters. The Morgan fingerprint density at radius 2 is 1.86 bits per heavy atom. The van der Waals surface area contributed by atoms with Crippen LogP contribution in [0.25, 0.3) is 0 Å². The van der Waals surface area contributed by atoms with E-state index < -0.39 is 0 Å². The summed E-state index contributed by atoms with van der Waals surface area (Å²) in [6.07, 6.45) is 1.81. The number of aryl methyl sites for hydroxylation is 1. The minimum absolute atomic E-state index is 0.00546. The fourth-order valence-electron chi connectivity index (χ4n) is 3.45. The molecular formula is C16H24ClN3O. The number of carbonyl (C=O) groups is 1. The van der Waals surface area contributed by atoms with Crippen LogP contribution in [0.2, 0.25) is 5.15 Å². The molecule has 5 heteroatoms. The second-order valence-corrected chi connectivity index (χ2v) is 7.68. The highest BCUT2D eigenvalue weighted by Crippen LogP contribution is 2.28. The Hall–Kier alpha value is -1.13. The van der Waals surface area contributed by atoms with Gasteiger partial charge in [0.1, 0.15) is 5.15 Å². The molecular weight excluding hydrogens is 286 g/mol. The fourth-order valence-corrected chi connectivity index (χ4v) is 3.70. The van der Waals surface area contributed by atoms with Crippen molar-refractivity contribution >= 4 is 17.5 Å². The van der Waals surface area contributed by atoms with Crippen molar-refractivity contribution in [2.75, 3.05) is 0 Å². The van der Waals surface area contributed by atoms with E-state index >= 15 is 0 Å².